The Morgan fingerprint density at radius 1 is 1.29 bits per heavy atom. The minimum atomic E-state index is -0.127. The molecule has 0 aromatic carbocycles. The van der Waals surface area contributed by atoms with Gasteiger partial charge in [0.15, 0.2) is 5.65 Å². The van der Waals surface area contributed by atoms with Crippen molar-refractivity contribution >= 4 is 22.8 Å². The molecule has 2 rings (SSSR count). The second kappa shape index (κ2) is 7.27. The van der Waals surface area contributed by atoms with Gasteiger partial charge in [0.1, 0.15) is 11.3 Å². The standard InChI is InChI=1S/C15H25ClN4O/c1-5-7-9-21-10-8-19-14(11(3)16)17-13-12(4)18-20(6-2)15(13)19/h11H,5-10H2,1-4H3. The third kappa shape index (κ3) is 3.40. The zero-order valence-electron chi connectivity index (χ0n) is 13.4. The van der Waals surface area contributed by atoms with Crippen molar-refractivity contribution in [3.05, 3.63) is 11.5 Å². The number of aromatic nitrogens is 4. The molecular weight excluding hydrogens is 288 g/mol. The van der Waals surface area contributed by atoms with Gasteiger partial charge in [-0.05, 0) is 27.2 Å². The van der Waals surface area contributed by atoms with Crippen LogP contribution in [0.3, 0.4) is 0 Å². The van der Waals surface area contributed by atoms with Gasteiger partial charge in [-0.1, -0.05) is 13.3 Å². The van der Waals surface area contributed by atoms with Crippen LogP contribution < -0.4 is 0 Å². The summed E-state index contributed by atoms with van der Waals surface area (Å²) >= 11 is 6.29. The predicted octanol–water partition coefficient (Wildman–Crippen LogP) is 3.68. The van der Waals surface area contributed by atoms with E-state index < -0.39 is 0 Å². The molecule has 0 bridgehead atoms. The molecule has 2 aromatic rings. The average molecular weight is 313 g/mol. The summed E-state index contributed by atoms with van der Waals surface area (Å²) in [5.74, 6) is 0.897. The van der Waals surface area contributed by atoms with Gasteiger partial charge in [0.2, 0.25) is 0 Å². The smallest absolute Gasteiger partial charge is 0.159 e. The van der Waals surface area contributed by atoms with Crippen molar-refractivity contribution < 1.29 is 4.74 Å². The number of imidazole rings is 1. The van der Waals surface area contributed by atoms with E-state index in [-0.39, 0.29) is 5.38 Å². The number of unbranched alkanes of at least 4 members (excludes halogenated alkanes) is 1. The van der Waals surface area contributed by atoms with E-state index in [9.17, 15) is 0 Å². The van der Waals surface area contributed by atoms with E-state index in [1.165, 1.54) is 0 Å². The van der Waals surface area contributed by atoms with Crippen molar-refractivity contribution in [3.8, 4) is 0 Å². The Morgan fingerprint density at radius 2 is 2.05 bits per heavy atom. The fraction of sp³-hybridized carbons (Fsp3) is 0.733. The van der Waals surface area contributed by atoms with Gasteiger partial charge in [0.25, 0.3) is 0 Å². The average Bonchev–Trinajstić information content (AvgIpc) is 2.97. The van der Waals surface area contributed by atoms with Crippen LogP contribution in [0.5, 0.6) is 0 Å². The molecule has 118 valence electrons. The molecule has 2 heterocycles. The Hall–Kier alpha value is -1.07. The molecule has 0 aliphatic rings. The van der Waals surface area contributed by atoms with Crippen molar-refractivity contribution in [2.45, 2.75) is 59.0 Å². The molecule has 0 amide bonds. The fourth-order valence-electron chi connectivity index (χ4n) is 2.49. The lowest BCUT2D eigenvalue weighted by Gasteiger charge is -2.12. The van der Waals surface area contributed by atoms with Gasteiger partial charge >= 0.3 is 0 Å². The Balaban J connectivity index is 2.27. The van der Waals surface area contributed by atoms with Crippen LogP contribution in [0, 0.1) is 6.92 Å². The first kappa shape index (κ1) is 16.3. The number of hydrogen-bond donors (Lipinski definition) is 0. The molecule has 2 aromatic heterocycles. The lowest BCUT2D eigenvalue weighted by molar-refractivity contribution is 0.123. The zero-order valence-corrected chi connectivity index (χ0v) is 14.2. The molecule has 21 heavy (non-hydrogen) atoms. The minimum Gasteiger partial charge on any atom is -0.380 e. The van der Waals surface area contributed by atoms with Crippen LogP contribution >= 0.6 is 11.6 Å². The van der Waals surface area contributed by atoms with E-state index in [0.717, 1.165) is 55.2 Å². The van der Waals surface area contributed by atoms with E-state index in [2.05, 4.69) is 28.5 Å². The molecule has 0 saturated heterocycles. The largest absolute Gasteiger partial charge is 0.380 e. The summed E-state index contributed by atoms with van der Waals surface area (Å²) in [6.07, 6.45) is 2.26. The lowest BCUT2D eigenvalue weighted by atomic mass is 10.4. The van der Waals surface area contributed by atoms with Gasteiger partial charge < -0.3 is 9.30 Å². The van der Waals surface area contributed by atoms with Gasteiger partial charge in [-0.25, -0.2) is 9.67 Å². The first-order valence-electron chi connectivity index (χ1n) is 7.75. The topological polar surface area (TPSA) is 44.9 Å². The summed E-state index contributed by atoms with van der Waals surface area (Å²) in [6, 6.07) is 0. The molecule has 0 spiro atoms. The van der Waals surface area contributed by atoms with E-state index in [1.54, 1.807) is 0 Å². The number of hydrogen-bond acceptors (Lipinski definition) is 3. The molecule has 0 aliphatic heterocycles. The molecule has 0 aliphatic carbocycles. The number of alkyl halides is 1. The number of ether oxygens (including phenoxy) is 1. The zero-order chi connectivity index (χ0) is 15.4. The molecule has 1 unspecified atom stereocenters. The summed E-state index contributed by atoms with van der Waals surface area (Å²) in [6.45, 7) is 11.3. The Kier molecular flexibility index (Phi) is 5.65. The highest BCUT2D eigenvalue weighted by Crippen LogP contribution is 2.26. The van der Waals surface area contributed by atoms with Crippen molar-refractivity contribution in [1.82, 2.24) is 19.3 Å². The maximum atomic E-state index is 6.29. The van der Waals surface area contributed by atoms with Gasteiger partial charge in [-0.15, -0.1) is 11.6 Å². The van der Waals surface area contributed by atoms with Crippen LogP contribution in [0.25, 0.3) is 11.2 Å². The summed E-state index contributed by atoms with van der Waals surface area (Å²) < 4.78 is 9.84. The Bertz CT molecular complexity index is 588. The molecule has 1 atom stereocenters. The highest BCUT2D eigenvalue weighted by atomic mass is 35.5. The molecule has 0 radical (unpaired) electrons. The maximum absolute atomic E-state index is 6.29. The third-order valence-electron chi connectivity index (χ3n) is 3.59. The highest BCUT2D eigenvalue weighted by molar-refractivity contribution is 6.20. The molecule has 0 saturated carbocycles. The van der Waals surface area contributed by atoms with E-state index in [4.69, 9.17) is 16.3 Å². The predicted molar refractivity (Wildman–Crippen MR) is 85.9 cm³/mol. The van der Waals surface area contributed by atoms with Crippen LogP contribution in [0.15, 0.2) is 0 Å². The number of rotatable bonds is 8. The molecule has 6 heteroatoms. The summed E-state index contributed by atoms with van der Waals surface area (Å²) in [7, 11) is 0. The van der Waals surface area contributed by atoms with Crippen molar-refractivity contribution in [3.63, 3.8) is 0 Å². The van der Waals surface area contributed by atoms with Crippen molar-refractivity contribution in [2.75, 3.05) is 13.2 Å². The Labute approximate surface area is 131 Å². The number of halogens is 1. The van der Waals surface area contributed by atoms with Crippen LogP contribution in [-0.2, 0) is 17.8 Å². The Morgan fingerprint density at radius 3 is 2.67 bits per heavy atom. The van der Waals surface area contributed by atoms with Gasteiger partial charge in [-0.3, -0.25) is 0 Å². The van der Waals surface area contributed by atoms with Crippen LogP contribution in [-0.4, -0.2) is 32.5 Å². The number of aryl methyl sites for hydroxylation is 2. The highest BCUT2D eigenvalue weighted by Gasteiger charge is 2.20. The van der Waals surface area contributed by atoms with E-state index in [0.29, 0.717) is 6.61 Å². The molecular formula is C15H25ClN4O. The monoisotopic (exact) mass is 312 g/mol. The van der Waals surface area contributed by atoms with Crippen molar-refractivity contribution in [1.29, 1.82) is 0 Å². The summed E-state index contributed by atoms with van der Waals surface area (Å²) in [5.41, 5.74) is 2.96. The fourth-order valence-corrected chi connectivity index (χ4v) is 2.66. The summed E-state index contributed by atoms with van der Waals surface area (Å²) in [4.78, 5) is 4.69. The maximum Gasteiger partial charge on any atom is 0.159 e. The van der Waals surface area contributed by atoms with Gasteiger partial charge in [-0.2, -0.15) is 5.10 Å². The normalized spacial score (nSPS) is 13.2. The molecule has 0 fully saturated rings. The minimum absolute atomic E-state index is 0.127. The first-order chi connectivity index (χ1) is 10.1. The SMILES string of the molecule is CCCCOCCn1c(C(C)Cl)nc2c(C)nn(CC)c21. The van der Waals surface area contributed by atoms with Crippen LogP contribution in [0.4, 0.5) is 0 Å². The van der Waals surface area contributed by atoms with E-state index in [1.807, 2.05) is 18.5 Å². The third-order valence-corrected chi connectivity index (χ3v) is 3.78. The van der Waals surface area contributed by atoms with Gasteiger partial charge in [0, 0.05) is 19.7 Å². The second-order valence-corrected chi connectivity index (χ2v) is 5.93. The van der Waals surface area contributed by atoms with Gasteiger partial charge in [0.05, 0.1) is 17.7 Å². The first-order valence-corrected chi connectivity index (χ1v) is 8.19. The van der Waals surface area contributed by atoms with Crippen LogP contribution in [0.2, 0.25) is 0 Å². The van der Waals surface area contributed by atoms with Crippen molar-refractivity contribution in [2.24, 2.45) is 0 Å². The summed E-state index contributed by atoms with van der Waals surface area (Å²) in [5, 5.41) is 4.41. The number of fused-ring (bicyclic) bond motifs is 1. The lowest BCUT2D eigenvalue weighted by Crippen LogP contribution is -2.13. The molecule has 5 nitrogen and oxygen atoms in total. The molecule has 0 N–H and O–H groups in total. The van der Waals surface area contributed by atoms with Crippen LogP contribution in [0.1, 0.15) is 50.5 Å². The van der Waals surface area contributed by atoms with E-state index >= 15 is 0 Å². The quantitative estimate of drug-likeness (QED) is 0.552. The second-order valence-electron chi connectivity index (χ2n) is 5.28. The number of nitrogens with zero attached hydrogens (tertiary/aromatic N) is 4.